The van der Waals surface area contributed by atoms with Crippen LogP contribution in [0, 0.1) is 5.41 Å². The van der Waals surface area contributed by atoms with Crippen LogP contribution in [0.2, 0.25) is 0 Å². The molecule has 16 heavy (non-hydrogen) atoms. The first-order valence-electron chi connectivity index (χ1n) is 5.84. The highest BCUT2D eigenvalue weighted by Gasteiger charge is 2.41. The van der Waals surface area contributed by atoms with Crippen molar-refractivity contribution >= 4 is 11.6 Å². The van der Waals surface area contributed by atoms with Crippen LogP contribution in [0.1, 0.15) is 19.8 Å². The molecule has 4 nitrogen and oxygen atoms in total. The van der Waals surface area contributed by atoms with E-state index in [2.05, 4.69) is 15.6 Å². The van der Waals surface area contributed by atoms with Crippen LogP contribution < -0.4 is 10.6 Å². The first-order valence-corrected chi connectivity index (χ1v) is 5.84. The number of hydrogen-bond acceptors (Lipinski definition) is 4. The molecular formula is C12H19N3O. The van der Waals surface area contributed by atoms with Crippen molar-refractivity contribution in [3.05, 3.63) is 18.2 Å². The van der Waals surface area contributed by atoms with Gasteiger partial charge in [-0.2, -0.15) is 0 Å². The molecule has 88 valence electrons. The molecule has 0 atom stereocenters. The molecular weight excluding hydrogens is 202 g/mol. The molecule has 0 spiro atoms. The summed E-state index contributed by atoms with van der Waals surface area (Å²) in [6.45, 7) is 4.00. The Bertz CT molecular complexity index is 350. The number of nitrogens with zero attached hydrogens (tertiary/aromatic N) is 1. The molecule has 0 unspecified atom stereocenters. The minimum atomic E-state index is 0.121. The Labute approximate surface area is 96.1 Å². The minimum absolute atomic E-state index is 0.121. The molecule has 0 aliphatic heterocycles. The summed E-state index contributed by atoms with van der Waals surface area (Å²) in [5.41, 5.74) is 0.121. The Hall–Kier alpha value is -1.29. The van der Waals surface area contributed by atoms with Gasteiger partial charge in [0.2, 0.25) is 0 Å². The van der Waals surface area contributed by atoms with Crippen LogP contribution in [0.25, 0.3) is 0 Å². The molecule has 1 aliphatic rings. The molecule has 0 bridgehead atoms. The Morgan fingerprint density at radius 2 is 2.00 bits per heavy atom. The number of pyridine rings is 1. The fraction of sp³-hybridized carbons (Fsp3) is 0.583. The van der Waals surface area contributed by atoms with E-state index in [0.717, 1.165) is 37.6 Å². The van der Waals surface area contributed by atoms with Gasteiger partial charge in [0.05, 0.1) is 6.61 Å². The summed E-state index contributed by atoms with van der Waals surface area (Å²) in [5.74, 6) is 1.76. The molecule has 0 amide bonds. The predicted octanol–water partition coefficient (Wildman–Crippen LogP) is 1.70. The van der Waals surface area contributed by atoms with E-state index in [1.165, 1.54) is 0 Å². The molecule has 1 fully saturated rings. The summed E-state index contributed by atoms with van der Waals surface area (Å²) in [7, 11) is 0. The van der Waals surface area contributed by atoms with Crippen LogP contribution >= 0.6 is 0 Å². The van der Waals surface area contributed by atoms with Gasteiger partial charge in [-0.15, -0.1) is 0 Å². The standard InChI is InChI=1S/C12H19N3O/c1-2-13-10-4-3-5-11(15-10)14-8-12(9-16)6-7-12/h3-5,16H,2,6-9H2,1H3,(H2,13,14,15). The highest BCUT2D eigenvalue weighted by molar-refractivity contribution is 5.45. The molecule has 1 saturated carbocycles. The Kier molecular flexibility index (Phi) is 3.29. The lowest BCUT2D eigenvalue weighted by molar-refractivity contribution is 0.219. The number of rotatable bonds is 6. The van der Waals surface area contributed by atoms with Gasteiger partial charge >= 0.3 is 0 Å². The third kappa shape index (κ3) is 2.64. The van der Waals surface area contributed by atoms with Crippen LogP contribution in [0.5, 0.6) is 0 Å². The second-order valence-corrected chi connectivity index (χ2v) is 4.45. The highest BCUT2D eigenvalue weighted by atomic mass is 16.3. The first-order chi connectivity index (χ1) is 7.78. The van der Waals surface area contributed by atoms with E-state index in [1.807, 2.05) is 25.1 Å². The van der Waals surface area contributed by atoms with Gasteiger partial charge in [0.15, 0.2) is 0 Å². The summed E-state index contributed by atoms with van der Waals surface area (Å²) < 4.78 is 0. The summed E-state index contributed by atoms with van der Waals surface area (Å²) in [6, 6.07) is 5.88. The van der Waals surface area contributed by atoms with Crippen molar-refractivity contribution in [3.63, 3.8) is 0 Å². The third-order valence-corrected chi connectivity index (χ3v) is 3.04. The van der Waals surface area contributed by atoms with Crippen LogP contribution in [0.15, 0.2) is 18.2 Å². The summed E-state index contributed by atoms with van der Waals surface area (Å²) in [5, 5.41) is 15.7. The van der Waals surface area contributed by atoms with Crippen molar-refractivity contribution in [2.45, 2.75) is 19.8 Å². The topological polar surface area (TPSA) is 57.2 Å². The molecule has 1 aromatic rings. The zero-order valence-electron chi connectivity index (χ0n) is 9.66. The highest BCUT2D eigenvalue weighted by Crippen LogP contribution is 2.44. The van der Waals surface area contributed by atoms with Crippen LogP contribution in [0.4, 0.5) is 11.6 Å². The van der Waals surface area contributed by atoms with Crippen molar-refractivity contribution in [2.75, 3.05) is 30.3 Å². The van der Waals surface area contributed by atoms with E-state index in [-0.39, 0.29) is 12.0 Å². The molecule has 4 heteroatoms. The van der Waals surface area contributed by atoms with Gasteiger partial charge < -0.3 is 15.7 Å². The average molecular weight is 221 g/mol. The third-order valence-electron chi connectivity index (χ3n) is 3.04. The van der Waals surface area contributed by atoms with E-state index in [0.29, 0.717) is 0 Å². The van der Waals surface area contributed by atoms with Crippen molar-refractivity contribution < 1.29 is 5.11 Å². The smallest absolute Gasteiger partial charge is 0.128 e. The van der Waals surface area contributed by atoms with Gasteiger partial charge in [-0.05, 0) is 31.9 Å². The monoisotopic (exact) mass is 221 g/mol. The van der Waals surface area contributed by atoms with E-state index in [1.54, 1.807) is 0 Å². The van der Waals surface area contributed by atoms with Gasteiger partial charge in [0.25, 0.3) is 0 Å². The first kappa shape index (κ1) is 11.2. The lowest BCUT2D eigenvalue weighted by atomic mass is 10.1. The number of anilines is 2. The fourth-order valence-corrected chi connectivity index (χ4v) is 1.66. The van der Waals surface area contributed by atoms with Crippen LogP contribution in [-0.4, -0.2) is 29.8 Å². The summed E-state index contributed by atoms with van der Waals surface area (Å²) in [6.07, 6.45) is 2.23. The second kappa shape index (κ2) is 4.70. The summed E-state index contributed by atoms with van der Waals surface area (Å²) >= 11 is 0. The number of nitrogens with one attached hydrogen (secondary N) is 2. The average Bonchev–Trinajstić information content (AvgIpc) is 3.08. The zero-order valence-corrected chi connectivity index (χ0v) is 9.66. The maximum atomic E-state index is 9.20. The van der Waals surface area contributed by atoms with Crippen molar-refractivity contribution in [2.24, 2.45) is 5.41 Å². The maximum Gasteiger partial charge on any atom is 0.128 e. The normalized spacial score (nSPS) is 16.9. The van der Waals surface area contributed by atoms with Crippen LogP contribution in [0.3, 0.4) is 0 Å². The quantitative estimate of drug-likeness (QED) is 0.684. The predicted molar refractivity (Wildman–Crippen MR) is 65.6 cm³/mol. The number of hydrogen-bond donors (Lipinski definition) is 3. The van der Waals surface area contributed by atoms with E-state index in [4.69, 9.17) is 0 Å². The van der Waals surface area contributed by atoms with E-state index < -0.39 is 0 Å². The molecule has 2 rings (SSSR count). The molecule has 0 aromatic carbocycles. The molecule has 3 N–H and O–H groups in total. The minimum Gasteiger partial charge on any atom is -0.396 e. The number of aliphatic hydroxyl groups is 1. The molecule has 1 aliphatic carbocycles. The number of aliphatic hydroxyl groups excluding tert-OH is 1. The van der Waals surface area contributed by atoms with Crippen molar-refractivity contribution in [3.8, 4) is 0 Å². The van der Waals surface area contributed by atoms with E-state index >= 15 is 0 Å². The van der Waals surface area contributed by atoms with Gasteiger partial charge in [0, 0.05) is 18.5 Å². The van der Waals surface area contributed by atoms with Crippen molar-refractivity contribution in [1.82, 2.24) is 4.98 Å². The maximum absolute atomic E-state index is 9.20. The Morgan fingerprint density at radius 3 is 2.56 bits per heavy atom. The largest absolute Gasteiger partial charge is 0.396 e. The Balaban J connectivity index is 1.91. The van der Waals surface area contributed by atoms with Gasteiger partial charge in [0.1, 0.15) is 11.6 Å². The second-order valence-electron chi connectivity index (χ2n) is 4.45. The lowest BCUT2D eigenvalue weighted by Gasteiger charge is -2.13. The SMILES string of the molecule is CCNc1cccc(NCC2(CO)CC2)n1. The van der Waals surface area contributed by atoms with Gasteiger partial charge in [-0.3, -0.25) is 0 Å². The molecule has 0 radical (unpaired) electrons. The lowest BCUT2D eigenvalue weighted by Crippen LogP contribution is -2.19. The fourth-order valence-electron chi connectivity index (χ4n) is 1.66. The van der Waals surface area contributed by atoms with Crippen molar-refractivity contribution in [1.29, 1.82) is 0 Å². The van der Waals surface area contributed by atoms with Crippen LogP contribution in [-0.2, 0) is 0 Å². The number of aromatic nitrogens is 1. The van der Waals surface area contributed by atoms with E-state index in [9.17, 15) is 5.11 Å². The van der Waals surface area contributed by atoms with Gasteiger partial charge in [-0.1, -0.05) is 6.07 Å². The zero-order chi connectivity index (χ0) is 11.4. The summed E-state index contributed by atoms with van der Waals surface area (Å²) in [4.78, 5) is 4.42. The van der Waals surface area contributed by atoms with Gasteiger partial charge in [-0.25, -0.2) is 4.98 Å². The Morgan fingerprint density at radius 1 is 1.31 bits per heavy atom. The molecule has 1 aromatic heterocycles. The molecule has 0 saturated heterocycles. The molecule has 1 heterocycles.